The molecule has 0 radical (unpaired) electrons. The molecule has 0 fully saturated rings. The number of phenolic OH excluding ortho intramolecular Hbond substituents is 1. The van der Waals surface area contributed by atoms with Gasteiger partial charge in [-0.15, -0.1) is 0 Å². The summed E-state index contributed by atoms with van der Waals surface area (Å²) in [5, 5.41) is 14.6. The molecule has 0 spiro atoms. The monoisotopic (exact) mass is 357 g/mol. The quantitative estimate of drug-likeness (QED) is 0.700. The van der Waals surface area contributed by atoms with Gasteiger partial charge in [-0.1, -0.05) is 17.4 Å². The third kappa shape index (κ3) is 3.19. The third-order valence-corrected chi connectivity index (χ3v) is 5.40. The van der Waals surface area contributed by atoms with E-state index in [2.05, 4.69) is 10.3 Å². The van der Waals surface area contributed by atoms with Crippen LogP contribution in [0.3, 0.4) is 0 Å². The maximum Gasteiger partial charge on any atom is 0.183 e. The van der Waals surface area contributed by atoms with Gasteiger partial charge in [0.2, 0.25) is 0 Å². The molecule has 2 heterocycles. The number of aromatic nitrogens is 2. The van der Waals surface area contributed by atoms with Gasteiger partial charge in [0.25, 0.3) is 0 Å². The number of aromatic hydroxyl groups is 1. The minimum atomic E-state index is -0.338. The lowest BCUT2D eigenvalue weighted by atomic mass is 9.94. The molecule has 25 heavy (non-hydrogen) atoms. The zero-order valence-corrected chi connectivity index (χ0v) is 15.9. The zero-order valence-electron chi connectivity index (χ0n) is 15.1. The van der Waals surface area contributed by atoms with Crippen LogP contribution >= 0.6 is 11.3 Å². The van der Waals surface area contributed by atoms with Crippen molar-refractivity contribution in [3.05, 3.63) is 46.8 Å². The smallest absolute Gasteiger partial charge is 0.183 e. The summed E-state index contributed by atoms with van der Waals surface area (Å²) in [4.78, 5) is 8.98. The van der Waals surface area contributed by atoms with Crippen LogP contribution in [0.25, 0.3) is 10.2 Å². The van der Waals surface area contributed by atoms with Crippen LogP contribution in [0.4, 0.5) is 5.13 Å². The molecule has 0 unspecified atom stereocenters. The van der Waals surface area contributed by atoms with Crippen LogP contribution in [0.5, 0.6) is 5.75 Å². The molecule has 0 saturated heterocycles. The van der Waals surface area contributed by atoms with E-state index in [1.54, 1.807) is 12.4 Å². The van der Waals surface area contributed by atoms with Crippen molar-refractivity contribution in [2.45, 2.75) is 39.9 Å². The van der Waals surface area contributed by atoms with Gasteiger partial charge in [0.1, 0.15) is 11.9 Å². The molecule has 3 aromatic rings. The van der Waals surface area contributed by atoms with E-state index in [9.17, 15) is 5.11 Å². The Bertz CT molecular complexity index is 891. The Hall–Kier alpha value is -2.18. The van der Waals surface area contributed by atoms with Crippen LogP contribution in [0.2, 0.25) is 0 Å². The van der Waals surface area contributed by atoms with E-state index in [4.69, 9.17) is 9.72 Å². The van der Waals surface area contributed by atoms with E-state index in [1.165, 1.54) is 11.3 Å². The van der Waals surface area contributed by atoms with Crippen molar-refractivity contribution >= 4 is 26.7 Å². The van der Waals surface area contributed by atoms with Crippen molar-refractivity contribution < 1.29 is 9.84 Å². The van der Waals surface area contributed by atoms with Crippen LogP contribution in [0, 0.1) is 13.8 Å². The van der Waals surface area contributed by atoms with Crippen molar-refractivity contribution in [1.82, 2.24) is 9.97 Å². The summed E-state index contributed by atoms with van der Waals surface area (Å²) >= 11 is 1.54. The van der Waals surface area contributed by atoms with E-state index in [-0.39, 0.29) is 12.2 Å². The first-order chi connectivity index (χ1) is 11.9. The van der Waals surface area contributed by atoms with Crippen molar-refractivity contribution in [3.8, 4) is 5.75 Å². The molecule has 5 nitrogen and oxygen atoms in total. The predicted molar refractivity (Wildman–Crippen MR) is 103 cm³/mol. The normalized spacial score (nSPS) is 12.7. The van der Waals surface area contributed by atoms with Crippen molar-refractivity contribution in [2.24, 2.45) is 0 Å². The minimum Gasteiger partial charge on any atom is -0.507 e. The second-order valence-electron chi connectivity index (χ2n) is 6.31. The van der Waals surface area contributed by atoms with Crippen LogP contribution < -0.4 is 5.32 Å². The van der Waals surface area contributed by atoms with E-state index in [1.807, 2.05) is 46.9 Å². The minimum absolute atomic E-state index is 0.0190. The summed E-state index contributed by atoms with van der Waals surface area (Å²) in [5.41, 5.74) is 4.37. The molecule has 0 bridgehead atoms. The lowest BCUT2D eigenvalue weighted by Gasteiger charge is -2.24. The highest BCUT2D eigenvalue weighted by Gasteiger charge is 2.26. The van der Waals surface area contributed by atoms with E-state index >= 15 is 0 Å². The highest BCUT2D eigenvalue weighted by molar-refractivity contribution is 7.22. The Morgan fingerprint density at radius 3 is 2.60 bits per heavy atom. The van der Waals surface area contributed by atoms with Crippen LogP contribution in [-0.4, -0.2) is 28.2 Å². The maximum atomic E-state index is 10.7. The van der Waals surface area contributed by atoms with Gasteiger partial charge in [-0.3, -0.25) is 4.98 Å². The standard InChI is InChI=1S/C19H23N3O2S/c1-10(2)24-17(13-7-6-8-21-9-13)14-11(3)16(23)12(4)18-15(14)22-19(20-5)25-18/h6-10,17,23H,1-5H3,(H,20,22)/t17-/m0/s1. The second-order valence-corrected chi connectivity index (χ2v) is 7.31. The maximum absolute atomic E-state index is 10.7. The van der Waals surface area contributed by atoms with E-state index < -0.39 is 0 Å². The molecule has 0 amide bonds. The Labute approximate surface area is 151 Å². The number of anilines is 1. The number of phenols is 1. The zero-order chi connectivity index (χ0) is 18.1. The highest BCUT2D eigenvalue weighted by Crippen LogP contribution is 2.43. The van der Waals surface area contributed by atoms with Gasteiger partial charge in [-0.2, -0.15) is 0 Å². The first kappa shape index (κ1) is 17.6. The summed E-state index contributed by atoms with van der Waals surface area (Å²) in [6.45, 7) is 7.85. The molecule has 1 aromatic carbocycles. The van der Waals surface area contributed by atoms with Gasteiger partial charge in [-0.05, 0) is 39.3 Å². The van der Waals surface area contributed by atoms with Gasteiger partial charge in [0.05, 0.1) is 16.3 Å². The molecule has 0 aliphatic carbocycles. The number of rotatable bonds is 5. The molecule has 6 heteroatoms. The Balaban J connectivity index is 2.32. The summed E-state index contributed by atoms with van der Waals surface area (Å²) in [7, 11) is 1.85. The van der Waals surface area contributed by atoms with Crippen LogP contribution in [-0.2, 0) is 4.74 Å². The highest BCUT2D eigenvalue weighted by atomic mass is 32.1. The Morgan fingerprint density at radius 1 is 1.24 bits per heavy atom. The summed E-state index contributed by atoms with van der Waals surface area (Å²) < 4.78 is 7.22. The summed E-state index contributed by atoms with van der Waals surface area (Å²) in [6.07, 6.45) is 3.23. The number of hydrogen-bond acceptors (Lipinski definition) is 6. The molecule has 132 valence electrons. The van der Waals surface area contributed by atoms with Gasteiger partial charge in [0.15, 0.2) is 5.13 Å². The predicted octanol–water partition coefficient (Wildman–Crippen LogP) is 4.57. The average Bonchev–Trinajstić information content (AvgIpc) is 3.04. The number of fused-ring (bicyclic) bond motifs is 1. The number of aryl methyl sites for hydroxylation is 1. The van der Waals surface area contributed by atoms with Crippen molar-refractivity contribution in [1.29, 1.82) is 0 Å². The average molecular weight is 357 g/mol. The fraction of sp³-hybridized carbons (Fsp3) is 0.368. The largest absolute Gasteiger partial charge is 0.507 e. The molecule has 2 aromatic heterocycles. The van der Waals surface area contributed by atoms with E-state index in [0.717, 1.165) is 37.6 Å². The van der Waals surface area contributed by atoms with Crippen molar-refractivity contribution in [2.75, 3.05) is 12.4 Å². The van der Waals surface area contributed by atoms with E-state index in [0.29, 0.717) is 5.75 Å². The van der Waals surface area contributed by atoms with Gasteiger partial charge in [0, 0.05) is 36.1 Å². The fourth-order valence-corrected chi connectivity index (χ4v) is 3.93. The Morgan fingerprint density at radius 2 is 2.00 bits per heavy atom. The third-order valence-electron chi connectivity index (χ3n) is 4.21. The number of hydrogen-bond donors (Lipinski definition) is 2. The molecule has 1 atom stereocenters. The SMILES string of the molecule is CNc1nc2c([C@@H](OC(C)C)c3cccnc3)c(C)c(O)c(C)c2s1. The molecule has 0 aliphatic heterocycles. The summed E-state index contributed by atoms with van der Waals surface area (Å²) in [6, 6.07) is 3.89. The van der Waals surface area contributed by atoms with Gasteiger partial charge in [-0.25, -0.2) is 4.98 Å². The number of nitrogens with zero attached hydrogens (tertiary/aromatic N) is 2. The topological polar surface area (TPSA) is 67.3 Å². The molecule has 0 aliphatic rings. The van der Waals surface area contributed by atoms with Crippen LogP contribution in [0.15, 0.2) is 24.5 Å². The lowest BCUT2D eigenvalue weighted by Crippen LogP contribution is -2.14. The number of nitrogens with one attached hydrogen (secondary N) is 1. The number of thiazole rings is 1. The number of ether oxygens (including phenoxy) is 1. The van der Waals surface area contributed by atoms with Crippen molar-refractivity contribution in [3.63, 3.8) is 0 Å². The second kappa shape index (κ2) is 6.98. The molecule has 2 N–H and O–H groups in total. The molecule has 3 rings (SSSR count). The van der Waals surface area contributed by atoms with Crippen LogP contribution in [0.1, 0.15) is 42.2 Å². The number of pyridine rings is 1. The first-order valence-electron chi connectivity index (χ1n) is 8.29. The molecular formula is C19H23N3O2S. The van der Waals surface area contributed by atoms with Gasteiger partial charge >= 0.3 is 0 Å². The summed E-state index contributed by atoms with van der Waals surface area (Å²) in [5.74, 6) is 0.301. The number of benzene rings is 1. The molecular weight excluding hydrogens is 334 g/mol. The Kier molecular flexibility index (Phi) is 4.92. The molecule has 0 saturated carbocycles. The fourth-order valence-electron chi connectivity index (χ4n) is 3.00. The first-order valence-corrected chi connectivity index (χ1v) is 9.11. The lowest BCUT2D eigenvalue weighted by molar-refractivity contribution is 0.0305. The van der Waals surface area contributed by atoms with Gasteiger partial charge < -0.3 is 15.2 Å².